The van der Waals surface area contributed by atoms with E-state index in [1.165, 1.54) is 37.7 Å². The number of methoxy groups -OCH3 is 2. The van der Waals surface area contributed by atoms with E-state index in [-0.39, 0.29) is 22.7 Å². The molecule has 0 aliphatic carbocycles. The molecule has 1 amide bonds. The van der Waals surface area contributed by atoms with Gasteiger partial charge in [-0.3, -0.25) is 9.59 Å². The topological polar surface area (TPSA) is 122 Å². The van der Waals surface area contributed by atoms with Crippen LogP contribution in [0.5, 0.6) is 17.2 Å². The predicted molar refractivity (Wildman–Crippen MR) is 123 cm³/mol. The van der Waals surface area contributed by atoms with Gasteiger partial charge in [-0.1, -0.05) is 11.3 Å². The van der Waals surface area contributed by atoms with Crippen molar-refractivity contribution in [2.75, 3.05) is 33.2 Å². The second kappa shape index (κ2) is 9.85. The number of nitrogens with zero attached hydrogens (tertiary/aromatic N) is 2. The van der Waals surface area contributed by atoms with Crippen molar-refractivity contribution in [3.8, 4) is 17.2 Å². The van der Waals surface area contributed by atoms with E-state index in [0.717, 1.165) is 4.70 Å². The Morgan fingerprint density at radius 3 is 2.41 bits per heavy atom. The molecule has 10 nitrogen and oxygen atoms in total. The summed E-state index contributed by atoms with van der Waals surface area (Å²) in [4.78, 5) is 29.0. The summed E-state index contributed by atoms with van der Waals surface area (Å²) in [6.07, 6.45) is -0.316. The van der Waals surface area contributed by atoms with E-state index in [1.54, 1.807) is 28.8 Å². The molecule has 0 N–H and O–H groups in total. The van der Waals surface area contributed by atoms with Crippen LogP contribution in [0.3, 0.4) is 0 Å². The van der Waals surface area contributed by atoms with Crippen molar-refractivity contribution in [2.45, 2.75) is 17.9 Å². The molecule has 1 aliphatic rings. The van der Waals surface area contributed by atoms with Gasteiger partial charge in [0.2, 0.25) is 5.91 Å². The minimum absolute atomic E-state index is 0.0919. The number of carbonyl (C=O) groups is 2. The highest BCUT2D eigenvalue weighted by molar-refractivity contribution is 7.91. The summed E-state index contributed by atoms with van der Waals surface area (Å²) in [6.45, 7) is 0.648. The monoisotopic (exact) mass is 506 g/mol. The van der Waals surface area contributed by atoms with Crippen LogP contribution < -0.4 is 19.0 Å². The smallest absolute Gasteiger partial charge is 0.325 e. The summed E-state index contributed by atoms with van der Waals surface area (Å²) < 4.78 is 48.5. The van der Waals surface area contributed by atoms with Crippen LogP contribution in [0.25, 0.3) is 10.2 Å². The van der Waals surface area contributed by atoms with Gasteiger partial charge in [0.15, 0.2) is 26.1 Å². The lowest BCUT2D eigenvalue weighted by molar-refractivity contribution is -0.141. The number of hydrogen-bond donors (Lipinski definition) is 0. The SMILES string of the molecule is COC(=O)Cn1c(=NC(=O)CCS(=O)(=O)c2ccc(OC)cc2)sc2cc3c(cc21)OCCO3. The number of aromatic nitrogens is 1. The zero-order valence-electron chi connectivity index (χ0n) is 18.5. The van der Waals surface area contributed by atoms with Gasteiger partial charge in [-0.2, -0.15) is 4.99 Å². The van der Waals surface area contributed by atoms with Crippen LogP contribution in [0.1, 0.15) is 6.42 Å². The fraction of sp³-hybridized carbons (Fsp3) is 0.318. The van der Waals surface area contributed by atoms with Crippen LogP contribution in [0.15, 0.2) is 46.3 Å². The van der Waals surface area contributed by atoms with Crippen LogP contribution in [0.2, 0.25) is 0 Å². The van der Waals surface area contributed by atoms with E-state index < -0.39 is 27.5 Å². The van der Waals surface area contributed by atoms with Crippen LogP contribution >= 0.6 is 11.3 Å². The first kappa shape index (κ1) is 23.8. The van der Waals surface area contributed by atoms with Gasteiger partial charge in [-0.05, 0) is 24.3 Å². The second-order valence-corrected chi connectivity index (χ2v) is 10.4. The molecule has 2 heterocycles. The Morgan fingerprint density at radius 2 is 1.76 bits per heavy atom. The third-order valence-electron chi connectivity index (χ3n) is 5.09. The van der Waals surface area contributed by atoms with Crippen LogP contribution in [-0.4, -0.2) is 58.0 Å². The lowest BCUT2D eigenvalue weighted by Gasteiger charge is -2.18. The average molecular weight is 507 g/mol. The van der Waals surface area contributed by atoms with Gasteiger partial charge in [0.1, 0.15) is 25.5 Å². The zero-order valence-corrected chi connectivity index (χ0v) is 20.1. The van der Waals surface area contributed by atoms with Crippen molar-refractivity contribution in [2.24, 2.45) is 4.99 Å². The average Bonchev–Trinajstić information content (AvgIpc) is 3.16. The number of carbonyl (C=O) groups excluding carboxylic acids is 2. The lowest BCUT2D eigenvalue weighted by atomic mass is 10.2. The molecule has 0 radical (unpaired) electrons. The number of fused-ring (bicyclic) bond motifs is 2. The van der Waals surface area contributed by atoms with Crippen LogP contribution in [0, 0.1) is 0 Å². The Kier molecular flexibility index (Phi) is 6.89. The molecule has 0 fully saturated rings. The molecule has 34 heavy (non-hydrogen) atoms. The van der Waals surface area contributed by atoms with E-state index in [0.29, 0.717) is 36.0 Å². The van der Waals surface area contributed by atoms with Crippen molar-refractivity contribution < 1.29 is 37.0 Å². The molecule has 1 aromatic heterocycles. The minimum Gasteiger partial charge on any atom is -0.497 e. The van der Waals surface area contributed by atoms with Crippen molar-refractivity contribution >= 4 is 43.3 Å². The molecule has 0 spiro atoms. The van der Waals surface area contributed by atoms with E-state index >= 15 is 0 Å². The van der Waals surface area contributed by atoms with Gasteiger partial charge in [-0.25, -0.2) is 8.42 Å². The van der Waals surface area contributed by atoms with E-state index in [1.807, 2.05) is 0 Å². The molecule has 0 bridgehead atoms. The van der Waals surface area contributed by atoms with Crippen molar-refractivity contribution in [1.29, 1.82) is 0 Å². The van der Waals surface area contributed by atoms with Gasteiger partial charge in [-0.15, -0.1) is 0 Å². The van der Waals surface area contributed by atoms with E-state index in [2.05, 4.69) is 4.99 Å². The Morgan fingerprint density at radius 1 is 1.09 bits per heavy atom. The van der Waals surface area contributed by atoms with Crippen LogP contribution in [-0.2, 0) is 30.7 Å². The molecule has 0 saturated heterocycles. The van der Waals surface area contributed by atoms with Crippen molar-refractivity contribution in [3.63, 3.8) is 0 Å². The highest BCUT2D eigenvalue weighted by Crippen LogP contribution is 2.35. The van der Waals surface area contributed by atoms with Crippen molar-refractivity contribution in [3.05, 3.63) is 41.2 Å². The number of benzene rings is 2. The largest absolute Gasteiger partial charge is 0.497 e. The Balaban J connectivity index is 1.62. The highest BCUT2D eigenvalue weighted by Gasteiger charge is 2.20. The quantitative estimate of drug-likeness (QED) is 0.446. The first-order chi connectivity index (χ1) is 16.3. The molecule has 12 heteroatoms. The zero-order chi connectivity index (χ0) is 24.3. The maximum Gasteiger partial charge on any atom is 0.325 e. The van der Waals surface area contributed by atoms with Gasteiger partial charge in [0.05, 0.1) is 35.1 Å². The molecule has 180 valence electrons. The molecule has 4 rings (SSSR count). The van der Waals surface area contributed by atoms with Crippen molar-refractivity contribution in [1.82, 2.24) is 4.57 Å². The fourth-order valence-corrected chi connectivity index (χ4v) is 5.61. The first-order valence-electron chi connectivity index (χ1n) is 10.2. The Bertz CT molecular complexity index is 1410. The fourth-order valence-electron chi connectivity index (χ4n) is 3.32. The molecule has 0 atom stereocenters. The maximum atomic E-state index is 12.6. The standard InChI is InChI=1S/C22H22N2O8S2/c1-29-14-3-5-15(6-4-14)34(27,28)10-7-20(25)23-22-24(13-21(26)30-2)16-11-17-18(12-19(16)33-22)32-9-8-31-17/h3-6,11-12H,7-10,13H2,1-2H3. The number of esters is 1. The summed E-state index contributed by atoms with van der Waals surface area (Å²) in [7, 11) is -0.937. The Labute approximate surface area is 199 Å². The predicted octanol–water partition coefficient (Wildman–Crippen LogP) is 1.95. The van der Waals surface area contributed by atoms with Crippen LogP contribution in [0.4, 0.5) is 0 Å². The molecule has 2 aromatic carbocycles. The highest BCUT2D eigenvalue weighted by atomic mass is 32.2. The molecular formula is C22H22N2O8S2. The summed E-state index contributed by atoms with van der Waals surface area (Å²) in [5.41, 5.74) is 0.622. The van der Waals surface area contributed by atoms with E-state index in [4.69, 9.17) is 18.9 Å². The molecule has 3 aromatic rings. The van der Waals surface area contributed by atoms with Gasteiger partial charge in [0, 0.05) is 18.6 Å². The second-order valence-electron chi connectivity index (χ2n) is 7.26. The number of ether oxygens (including phenoxy) is 4. The number of thiazole rings is 1. The number of hydrogen-bond acceptors (Lipinski definition) is 9. The molecule has 1 aliphatic heterocycles. The maximum absolute atomic E-state index is 12.6. The summed E-state index contributed by atoms with van der Waals surface area (Å²) in [6, 6.07) is 9.43. The molecule has 0 saturated carbocycles. The third kappa shape index (κ3) is 5.07. The van der Waals surface area contributed by atoms with E-state index in [9.17, 15) is 18.0 Å². The molecular weight excluding hydrogens is 484 g/mol. The van der Waals surface area contributed by atoms with Gasteiger partial charge in [0.25, 0.3) is 0 Å². The Hall–Kier alpha value is -3.38. The number of rotatable bonds is 7. The summed E-state index contributed by atoms with van der Waals surface area (Å²) in [5, 5.41) is 0. The summed E-state index contributed by atoms with van der Waals surface area (Å²) in [5.74, 6) is 0.0688. The minimum atomic E-state index is -3.69. The van der Waals surface area contributed by atoms with Gasteiger partial charge >= 0.3 is 5.97 Å². The first-order valence-corrected chi connectivity index (χ1v) is 12.7. The lowest BCUT2D eigenvalue weighted by Crippen LogP contribution is -2.23. The molecule has 0 unspecified atom stereocenters. The summed E-state index contributed by atoms with van der Waals surface area (Å²) >= 11 is 1.18. The number of sulfone groups is 1. The van der Waals surface area contributed by atoms with Gasteiger partial charge < -0.3 is 23.5 Å². The number of amides is 1. The normalized spacial score (nSPS) is 13.6. The third-order valence-corrected chi connectivity index (χ3v) is 7.86.